The molecule has 0 unspecified atom stereocenters. The minimum atomic E-state index is -4.20. The van der Waals surface area contributed by atoms with Crippen LogP contribution in [0.3, 0.4) is 0 Å². The first-order chi connectivity index (χ1) is 9.29. The maximum Gasteiger partial charge on any atom is 0.264 e. The summed E-state index contributed by atoms with van der Waals surface area (Å²) in [4.78, 5) is -0.484. The van der Waals surface area contributed by atoms with E-state index in [0.717, 1.165) is 30.3 Å². The molecular formula is C12H9F3N2O2S. The Balaban J connectivity index is 2.40. The minimum Gasteiger partial charge on any atom is -0.398 e. The molecule has 2 aromatic rings. The summed E-state index contributed by atoms with van der Waals surface area (Å²) in [6.07, 6.45) is 0. The maximum absolute atomic E-state index is 13.1. The molecule has 0 spiro atoms. The zero-order chi connectivity index (χ0) is 14.9. The third-order valence-corrected chi connectivity index (χ3v) is 3.87. The van der Waals surface area contributed by atoms with Gasteiger partial charge in [-0.15, -0.1) is 0 Å². The van der Waals surface area contributed by atoms with Gasteiger partial charge in [0, 0.05) is 6.07 Å². The van der Waals surface area contributed by atoms with Crippen LogP contribution in [0.5, 0.6) is 0 Å². The van der Waals surface area contributed by atoms with Gasteiger partial charge in [-0.05, 0) is 30.3 Å². The van der Waals surface area contributed by atoms with Gasteiger partial charge in [-0.25, -0.2) is 21.6 Å². The van der Waals surface area contributed by atoms with E-state index in [0.29, 0.717) is 6.07 Å². The summed E-state index contributed by atoms with van der Waals surface area (Å²) in [7, 11) is -4.20. The molecule has 3 N–H and O–H groups in total. The van der Waals surface area contributed by atoms with E-state index in [9.17, 15) is 21.6 Å². The van der Waals surface area contributed by atoms with Crippen molar-refractivity contribution in [1.82, 2.24) is 0 Å². The largest absolute Gasteiger partial charge is 0.398 e. The highest BCUT2D eigenvalue weighted by Gasteiger charge is 2.19. The fourth-order valence-corrected chi connectivity index (χ4v) is 2.70. The topological polar surface area (TPSA) is 72.2 Å². The van der Waals surface area contributed by atoms with Crippen LogP contribution < -0.4 is 10.5 Å². The molecule has 0 aliphatic carbocycles. The second-order valence-corrected chi connectivity index (χ2v) is 5.57. The highest BCUT2D eigenvalue weighted by molar-refractivity contribution is 7.92. The van der Waals surface area contributed by atoms with Gasteiger partial charge in [0.15, 0.2) is 11.6 Å². The van der Waals surface area contributed by atoms with Crippen LogP contribution in [0.25, 0.3) is 0 Å². The van der Waals surface area contributed by atoms with E-state index in [4.69, 9.17) is 5.73 Å². The van der Waals surface area contributed by atoms with Gasteiger partial charge in [-0.3, -0.25) is 4.72 Å². The maximum atomic E-state index is 13.1. The van der Waals surface area contributed by atoms with Crippen molar-refractivity contribution in [2.24, 2.45) is 0 Å². The van der Waals surface area contributed by atoms with Crippen LogP contribution in [0.4, 0.5) is 24.5 Å². The molecule has 0 saturated carbocycles. The first-order valence-electron chi connectivity index (χ1n) is 5.32. The molecule has 0 aliphatic heterocycles. The SMILES string of the molecule is Nc1ccc(F)cc1S(=O)(=O)Nc1ccc(F)c(F)c1. The molecule has 2 rings (SSSR count). The number of nitrogens with two attached hydrogens (primary N) is 1. The molecule has 106 valence electrons. The average molecular weight is 302 g/mol. The Bertz CT molecular complexity index is 763. The molecule has 0 aromatic heterocycles. The lowest BCUT2D eigenvalue weighted by Gasteiger charge is -2.10. The number of halogens is 3. The van der Waals surface area contributed by atoms with Gasteiger partial charge < -0.3 is 5.73 Å². The number of rotatable bonds is 3. The zero-order valence-corrected chi connectivity index (χ0v) is 10.7. The van der Waals surface area contributed by atoms with Crippen molar-refractivity contribution in [3.63, 3.8) is 0 Å². The molecule has 0 fully saturated rings. The first-order valence-corrected chi connectivity index (χ1v) is 6.81. The Labute approximate surface area is 113 Å². The van der Waals surface area contributed by atoms with E-state index < -0.39 is 32.4 Å². The van der Waals surface area contributed by atoms with Crippen molar-refractivity contribution >= 4 is 21.4 Å². The number of nitrogens with one attached hydrogen (secondary N) is 1. The molecule has 0 radical (unpaired) electrons. The molecule has 0 atom stereocenters. The van der Waals surface area contributed by atoms with Gasteiger partial charge >= 0.3 is 0 Å². The van der Waals surface area contributed by atoms with E-state index in [-0.39, 0.29) is 11.4 Å². The molecule has 20 heavy (non-hydrogen) atoms. The summed E-state index contributed by atoms with van der Waals surface area (Å²) < 4.78 is 64.8. The van der Waals surface area contributed by atoms with Gasteiger partial charge in [0.2, 0.25) is 0 Å². The van der Waals surface area contributed by atoms with Crippen molar-refractivity contribution in [3.8, 4) is 0 Å². The van der Waals surface area contributed by atoms with Gasteiger partial charge in [-0.1, -0.05) is 0 Å². The Morgan fingerprint density at radius 1 is 0.950 bits per heavy atom. The standard InChI is InChI=1S/C12H9F3N2O2S/c13-7-1-4-11(16)12(5-7)20(18,19)17-8-2-3-9(14)10(15)6-8/h1-6,17H,16H2. The van der Waals surface area contributed by atoms with Gasteiger partial charge in [0.1, 0.15) is 10.7 Å². The lowest BCUT2D eigenvalue weighted by molar-refractivity contribution is 0.509. The summed E-state index contributed by atoms with van der Waals surface area (Å²) in [5.41, 5.74) is 5.10. The second kappa shape index (κ2) is 5.04. The third kappa shape index (κ3) is 2.85. The smallest absolute Gasteiger partial charge is 0.264 e. The highest BCUT2D eigenvalue weighted by atomic mass is 32.2. The molecule has 0 amide bonds. The molecule has 2 aromatic carbocycles. The number of nitrogen functional groups attached to an aromatic ring is 1. The summed E-state index contributed by atoms with van der Waals surface area (Å²) in [5, 5.41) is 0. The number of sulfonamides is 1. The van der Waals surface area contributed by atoms with Crippen LogP contribution in [0.15, 0.2) is 41.3 Å². The fraction of sp³-hybridized carbons (Fsp3) is 0. The van der Waals surface area contributed by atoms with Crippen molar-refractivity contribution in [2.75, 3.05) is 10.5 Å². The monoisotopic (exact) mass is 302 g/mol. The van der Waals surface area contributed by atoms with Crippen LogP contribution in [0.2, 0.25) is 0 Å². The van der Waals surface area contributed by atoms with Gasteiger partial charge in [-0.2, -0.15) is 0 Å². The normalized spacial score (nSPS) is 11.3. The van der Waals surface area contributed by atoms with E-state index >= 15 is 0 Å². The number of benzene rings is 2. The third-order valence-electron chi connectivity index (χ3n) is 2.44. The zero-order valence-electron chi connectivity index (χ0n) is 9.90. The van der Waals surface area contributed by atoms with Crippen LogP contribution in [-0.4, -0.2) is 8.42 Å². The Morgan fingerprint density at radius 2 is 1.65 bits per heavy atom. The Hall–Kier alpha value is -2.22. The molecule has 0 saturated heterocycles. The lowest BCUT2D eigenvalue weighted by Crippen LogP contribution is -2.15. The van der Waals surface area contributed by atoms with E-state index in [1.807, 2.05) is 4.72 Å². The molecule has 0 bridgehead atoms. The van der Waals surface area contributed by atoms with E-state index in [1.165, 1.54) is 0 Å². The predicted molar refractivity (Wildman–Crippen MR) is 68.0 cm³/mol. The molecule has 4 nitrogen and oxygen atoms in total. The summed E-state index contributed by atoms with van der Waals surface area (Å²) in [6, 6.07) is 5.30. The molecule has 8 heteroatoms. The van der Waals surface area contributed by atoms with Crippen LogP contribution in [-0.2, 0) is 10.0 Å². The fourth-order valence-electron chi connectivity index (χ4n) is 1.51. The van der Waals surface area contributed by atoms with E-state index in [1.54, 1.807) is 0 Å². The summed E-state index contributed by atoms with van der Waals surface area (Å²) in [5.74, 6) is -3.11. The minimum absolute atomic E-state index is 0.165. The van der Waals surface area contributed by atoms with Crippen molar-refractivity contribution in [3.05, 3.63) is 53.8 Å². The van der Waals surface area contributed by atoms with Crippen molar-refractivity contribution in [2.45, 2.75) is 4.90 Å². The quantitative estimate of drug-likeness (QED) is 0.856. The van der Waals surface area contributed by atoms with Crippen LogP contribution >= 0.6 is 0 Å². The van der Waals surface area contributed by atoms with Gasteiger partial charge in [0.05, 0.1) is 11.4 Å². The summed E-state index contributed by atoms with van der Waals surface area (Å²) in [6.45, 7) is 0. The Kier molecular flexibility index (Phi) is 3.58. The number of anilines is 2. The number of hydrogen-bond acceptors (Lipinski definition) is 3. The number of hydrogen-bond donors (Lipinski definition) is 2. The van der Waals surface area contributed by atoms with Crippen molar-refractivity contribution in [1.29, 1.82) is 0 Å². The van der Waals surface area contributed by atoms with Crippen LogP contribution in [0, 0.1) is 17.5 Å². The lowest BCUT2D eigenvalue weighted by atomic mass is 10.3. The highest BCUT2D eigenvalue weighted by Crippen LogP contribution is 2.23. The Morgan fingerprint density at radius 3 is 2.30 bits per heavy atom. The predicted octanol–water partition coefficient (Wildman–Crippen LogP) is 2.49. The van der Waals surface area contributed by atoms with Crippen LogP contribution in [0.1, 0.15) is 0 Å². The molecular weight excluding hydrogens is 293 g/mol. The molecule has 0 heterocycles. The average Bonchev–Trinajstić information content (AvgIpc) is 2.36. The first kappa shape index (κ1) is 14.2. The van der Waals surface area contributed by atoms with Crippen molar-refractivity contribution < 1.29 is 21.6 Å². The van der Waals surface area contributed by atoms with E-state index in [2.05, 4.69) is 0 Å². The summed E-state index contributed by atoms with van der Waals surface area (Å²) >= 11 is 0. The van der Waals surface area contributed by atoms with Gasteiger partial charge in [0.25, 0.3) is 10.0 Å². The second-order valence-electron chi connectivity index (χ2n) is 3.92. The molecule has 0 aliphatic rings.